The van der Waals surface area contributed by atoms with Gasteiger partial charge in [0.05, 0.1) is 28.3 Å². The van der Waals surface area contributed by atoms with Crippen LogP contribution in [-0.4, -0.2) is 21.0 Å². The standard InChI is InChI=1S/C22H20N4O4/c1-13(2)30-21-8-7-14-5-3-4-6-15(14)17(21)11-23-19-10-18-16(9-20(19)26(28)29)22(27)25-12-24-18/h3-10,12-13,23H,11H2,1-2H3,(H,24,25,27). The molecule has 3 aromatic carbocycles. The number of hydrogen-bond acceptors (Lipinski definition) is 6. The SMILES string of the molecule is CC(C)Oc1ccc2ccccc2c1CNc1cc2nc[nH]c(=O)c2cc1[N+](=O)[O-]. The number of anilines is 1. The summed E-state index contributed by atoms with van der Waals surface area (Å²) in [4.78, 5) is 29.7. The zero-order chi connectivity index (χ0) is 21.3. The van der Waals surface area contributed by atoms with E-state index in [0.29, 0.717) is 17.8 Å². The van der Waals surface area contributed by atoms with Gasteiger partial charge in [0.1, 0.15) is 11.4 Å². The molecule has 4 aromatic rings. The molecule has 0 aliphatic rings. The molecule has 0 bridgehead atoms. The number of hydrogen-bond donors (Lipinski definition) is 2. The van der Waals surface area contributed by atoms with Crippen molar-refractivity contribution in [1.29, 1.82) is 0 Å². The lowest BCUT2D eigenvalue weighted by atomic mass is 10.0. The Balaban J connectivity index is 1.79. The van der Waals surface area contributed by atoms with Crippen molar-refractivity contribution >= 4 is 33.1 Å². The largest absolute Gasteiger partial charge is 0.491 e. The third-order valence-electron chi connectivity index (χ3n) is 4.77. The van der Waals surface area contributed by atoms with E-state index in [-0.39, 0.29) is 22.9 Å². The summed E-state index contributed by atoms with van der Waals surface area (Å²) < 4.78 is 5.97. The normalized spacial score (nSPS) is 11.2. The highest BCUT2D eigenvalue weighted by atomic mass is 16.6. The first-order chi connectivity index (χ1) is 14.4. The Kier molecular flexibility index (Phi) is 5.05. The highest BCUT2D eigenvalue weighted by Gasteiger charge is 2.18. The van der Waals surface area contributed by atoms with Crippen LogP contribution < -0.4 is 15.6 Å². The molecule has 0 saturated heterocycles. The summed E-state index contributed by atoms with van der Waals surface area (Å²) in [5.74, 6) is 0.717. The van der Waals surface area contributed by atoms with Crippen LogP contribution in [0, 0.1) is 10.1 Å². The zero-order valence-corrected chi connectivity index (χ0v) is 16.5. The van der Waals surface area contributed by atoms with E-state index in [2.05, 4.69) is 15.3 Å². The van der Waals surface area contributed by atoms with Crippen LogP contribution in [-0.2, 0) is 6.54 Å². The minimum Gasteiger partial charge on any atom is -0.491 e. The van der Waals surface area contributed by atoms with Gasteiger partial charge in [0, 0.05) is 18.2 Å². The van der Waals surface area contributed by atoms with Gasteiger partial charge in [-0.05, 0) is 36.8 Å². The second kappa shape index (κ2) is 7.82. The fourth-order valence-corrected chi connectivity index (χ4v) is 3.44. The van der Waals surface area contributed by atoms with Crippen LogP contribution >= 0.6 is 0 Å². The molecular formula is C22H20N4O4. The molecule has 1 aromatic heterocycles. The zero-order valence-electron chi connectivity index (χ0n) is 16.5. The molecular weight excluding hydrogens is 384 g/mol. The molecule has 4 rings (SSSR count). The monoisotopic (exact) mass is 404 g/mol. The summed E-state index contributed by atoms with van der Waals surface area (Å²) in [5, 5.41) is 17.0. The third-order valence-corrected chi connectivity index (χ3v) is 4.77. The van der Waals surface area contributed by atoms with Gasteiger partial charge in [-0.1, -0.05) is 30.3 Å². The summed E-state index contributed by atoms with van der Waals surface area (Å²) in [6.07, 6.45) is 1.26. The van der Waals surface area contributed by atoms with E-state index in [1.165, 1.54) is 18.5 Å². The average Bonchev–Trinajstić information content (AvgIpc) is 2.72. The second-order valence-corrected chi connectivity index (χ2v) is 7.16. The van der Waals surface area contributed by atoms with Crippen molar-refractivity contribution in [1.82, 2.24) is 9.97 Å². The minimum atomic E-state index is -0.511. The molecule has 0 unspecified atom stereocenters. The topological polar surface area (TPSA) is 110 Å². The Morgan fingerprint density at radius 3 is 2.73 bits per heavy atom. The number of fused-ring (bicyclic) bond motifs is 2. The van der Waals surface area contributed by atoms with E-state index < -0.39 is 10.5 Å². The predicted molar refractivity (Wildman–Crippen MR) is 116 cm³/mol. The first-order valence-electron chi connectivity index (χ1n) is 9.51. The summed E-state index contributed by atoms with van der Waals surface area (Å²) >= 11 is 0. The molecule has 30 heavy (non-hydrogen) atoms. The van der Waals surface area contributed by atoms with Crippen molar-refractivity contribution in [3.8, 4) is 5.75 Å². The van der Waals surface area contributed by atoms with Gasteiger partial charge in [0.2, 0.25) is 0 Å². The molecule has 0 saturated carbocycles. The summed E-state index contributed by atoms with van der Waals surface area (Å²) in [6, 6.07) is 14.6. The summed E-state index contributed by atoms with van der Waals surface area (Å²) in [6.45, 7) is 4.20. The maximum absolute atomic E-state index is 12.0. The Morgan fingerprint density at radius 1 is 1.17 bits per heavy atom. The van der Waals surface area contributed by atoms with E-state index >= 15 is 0 Å². The quantitative estimate of drug-likeness (QED) is 0.364. The fraction of sp³-hybridized carbons (Fsp3) is 0.182. The highest BCUT2D eigenvalue weighted by Crippen LogP contribution is 2.32. The van der Waals surface area contributed by atoms with Crippen molar-refractivity contribution < 1.29 is 9.66 Å². The van der Waals surface area contributed by atoms with Crippen molar-refractivity contribution in [2.75, 3.05) is 5.32 Å². The van der Waals surface area contributed by atoms with Crippen LogP contribution in [0.2, 0.25) is 0 Å². The number of aromatic amines is 1. The Labute approximate surface area is 171 Å². The van der Waals surface area contributed by atoms with Gasteiger partial charge < -0.3 is 15.0 Å². The lowest BCUT2D eigenvalue weighted by Gasteiger charge is -2.17. The second-order valence-electron chi connectivity index (χ2n) is 7.16. The molecule has 8 heteroatoms. The number of nitro benzene ring substituents is 1. The van der Waals surface area contributed by atoms with Crippen LogP contribution in [0.5, 0.6) is 5.75 Å². The predicted octanol–water partition coefficient (Wildman–Crippen LogP) is 4.38. The first-order valence-corrected chi connectivity index (χ1v) is 9.51. The van der Waals surface area contributed by atoms with Crippen LogP contribution in [0.1, 0.15) is 19.4 Å². The van der Waals surface area contributed by atoms with Crippen molar-refractivity contribution in [2.45, 2.75) is 26.5 Å². The van der Waals surface area contributed by atoms with Crippen LogP contribution in [0.3, 0.4) is 0 Å². The highest BCUT2D eigenvalue weighted by molar-refractivity contribution is 5.89. The first kappa shape index (κ1) is 19.4. The van der Waals surface area contributed by atoms with Gasteiger partial charge in [-0.15, -0.1) is 0 Å². The fourth-order valence-electron chi connectivity index (χ4n) is 3.44. The van der Waals surface area contributed by atoms with E-state index in [4.69, 9.17) is 4.74 Å². The Morgan fingerprint density at radius 2 is 1.97 bits per heavy atom. The van der Waals surface area contributed by atoms with Gasteiger partial charge in [-0.25, -0.2) is 4.98 Å². The number of ether oxygens (including phenoxy) is 1. The van der Waals surface area contributed by atoms with Crippen LogP contribution in [0.4, 0.5) is 11.4 Å². The van der Waals surface area contributed by atoms with Crippen molar-refractivity contribution in [3.05, 3.63) is 80.9 Å². The number of nitrogens with zero attached hydrogens (tertiary/aromatic N) is 2. The number of nitro groups is 1. The molecule has 0 aliphatic carbocycles. The Hall–Kier alpha value is -3.94. The molecule has 0 amide bonds. The number of benzene rings is 3. The molecule has 0 atom stereocenters. The van der Waals surface area contributed by atoms with Gasteiger partial charge in [-0.2, -0.15) is 0 Å². The maximum Gasteiger partial charge on any atom is 0.293 e. The lowest BCUT2D eigenvalue weighted by molar-refractivity contribution is -0.383. The Bertz CT molecular complexity index is 1310. The molecule has 0 fully saturated rings. The van der Waals surface area contributed by atoms with E-state index in [0.717, 1.165) is 16.3 Å². The molecule has 1 heterocycles. The lowest BCUT2D eigenvalue weighted by Crippen LogP contribution is -2.11. The van der Waals surface area contributed by atoms with Gasteiger partial charge in [0.25, 0.3) is 11.2 Å². The molecule has 152 valence electrons. The van der Waals surface area contributed by atoms with Crippen molar-refractivity contribution in [3.63, 3.8) is 0 Å². The average molecular weight is 404 g/mol. The molecule has 0 aliphatic heterocycles. The van der Waals surface area contributed by atoms with E-state index in [1.807, 2.05) is 50.2 Å². The maximum atomic E-state index is 12.0. The van der Waals surface area contributed by atoms with Gasteiger partial charge in [0.15, 0.2) is 0 Å². The van der Waals surface area contributed by atoms with E-state index in [9.17, 15) is 14.9 Å². The smallest absolute Gasteiger partial charge is 0.293 e. The minimum absolute atomic E-state index is 0.0177. The summed E-state index contributed by atoms with van der Waals surface area (Å²) in [7, 11) is 0. The molecule has 8 nitrogen and oxygen atoms in total. The number of nitrogens with one attached hydrogen (secondary N) is 2. The van der Waals surface area contributed by atoms with Crippen LogP contribution in [0.15, 0.2) is 59.7 Å². The van der Waals surface area contributed by atoms with Gasteiger partial charge in [-0.3, -0.25) is 14.9 Å². The molecule has 0 radical (unpaired) electrons. The number of rotatable bonds is 6. The summed E-state index contributed by atoms with van der Waals surface area (Å²) in [5.41, 5.74) is 0.955. The van der Waals surface area contributed by atoms with Gasteiger partial charge >= 0.3 is 0 Å². The molecule has 0 spiro atoms. The molecule has 2 N–H and O–H groups in total. The van der Waals surface area contributed by atoms with Crippen molar-refractivity contribution in [2.24, 2.45) is 0 Å². The third kappa shape index (κ3) is 3.67. The number of aromatic nitrogens is 2. The number of H-pyrrole nitrogens is 1. The van der Waals surface area contributed by atoms with Crippen LogP contribution in [0.25, 0.3) is 21.7 Å². The van der Waals surface area contributed by atoms with E-state index in [1.54, 1.807) is 0 Å².